The SMILES string of the molecule is COc1ccc(Cl)cc1C(C)(O)c1ccc(I)cc1. The maximum Gasteiger partial charge on any atom is 0.125 e. The Morgan fingerprint density at radius 1 is 1.16 bits per heavy atom. The van der Waals surface area contributed by atoms with E-state index in [4.69, 9.17) is 16.3 Å². The third kappa shape index (κ3) is 3.04. The lowest BCUT2D eigenvalue weighted by atomic mass is 9.87. The van der Waals surface area contributed by atoms with Gasteiger partial charge in [-0.3, -0.25) is 0 Å². The number of ether oxygens (including phenoxy) is 1. The van der Waals surface area contributed by atoms with Gasteiger partial charge < -0.3 is 9.84 Å². The van der Waals surface area contributed by atoms with Crippen molar-refractivity contribution in [2.75, 3.05) is 7.11 Å². The van der Waals surface area contributed by atoms with Crippen LogP contribution in [0.4, 0.5) is 0 Å². The summed E-state index contributed by atoms with van der Waals surface area (Å²) in [4.78, 5) is 0. The molecule has 0 aliphatic rings. The summed E-state index contributed by atoms with van der Waals surface area (Å²) in [7, 11) is 1.58. The van der Waals surface area contributed by atoms with Crippen molar-refractivity contribution in [2.24, 2.45) is 0 Å². The van der Waals surface area contributed by atoms with Gasteiger partial charge in [-0.15, -0.1) is 0 Å². The van der Waals surface area contributed by atoms with Crippen molar-refractivity contribution in [1.82, 2.24) is 0 Å². The summed E-state index contributed by atoms with van der Waals surface area (Å²) in [5.74, 6) is 0.618. The molecule has 2 aromatic rings. The molecule has 1 unspecified atom stereocenters. The van der Waals surface area contributed by atoms with E-state index in [0.29, 0.717) is 16.3 Å². The first-order chi connectivity index (χ1) is 8.95. The van der Waals surface area contributed by atoms with Crippen LogP contribution >= 0.6 is 34.2 Å². The molecule has 0 aromatic heterocycles. The van der Waals surface area contributed by atoms with Crippen LogP contribution in [-0.2, 0) is 5.60 Å². The van der Waals surface area contributed by atoms with E-state index in [9.17, 15) is 5.11 Å². The third-order valence-electron chi connectivity index (χ3n) is 3.09. The molecule has 1 N–H and O–H groups in total. The van der Waals surface area contributed by atoms with Gasteiger partial charge in [0.05, 0.1) is 7.11 Å². The molecular weight excluding hydrogens is 375 g/mol. The minimum Gasteiger partial charge on any atom is -0.496 e. The largest absolute Gasteiger partial charge is 0.496 e. The molecule has 1 atom stereocenters. The standard InChI is InChI=1S/C15H14ClIO2/c1-15(18,10-3-6-12(17)7-4-10)13-9-11(16)5-8-14(13)19-2/h3-9,18H,1-2H3. The Morgan fingerprint density at radius 2 is 1.79 bits per heavy atom. The van der Waals surface area contributed by atoms with Gasteiger partial charge in [0.1, 0.15) is 11.4 Å². The predicted octanol–water partition coefficient (Wildman–Crippen LogP) is 4.21. The molecule has 0 spiro atoms. The molecule has 0 bridgehead atoms. The van der Waals surface area contributed by atoms with Crippen LogP contribution in [0.25, 0.3) is 0 Å². The number of hydrogen-bond donors (Lipinski definition) is 1. The van der Waals surface area contributed by atoms with Gasteiger partial charge in [0.25, 0.3) is 0 Å². The average molecular weight is 389 g/mol. The zero-order valence-electron chi connectivity index (χ0n) is 10.7. The first kappa shape index (κ1) is 14.6. The topological polar surface area (TPSA) is 29.5 Å². The maximum atomic E-state index is 10.8. The zero-order chi connectivity index (χ0) is 14.0. The Hall–Kier alpha value is -0.780. The molecule has 0 radical (unpaired) electrons. The van der Waals surface area contributed by atoms with Crippen LogP contribution in [0.3, 0.4) is 0 Å². The Kier molecular flexibility index (Phi) is 4.38. The summed E-state index contributed by atoms with van der Waals surface area (Å²) in [5.41, 5.74) is 0.304. The summed E-state index contributed by atoms with van der Waals surface area (Å²) in [6.07, 6.45) is 0. The van der Waals surface area contributed by atoms with E-state index in [1.807, 2.05) is 24.3 Å². The van der Waals surface area contributed by atoms with Gasteiger partial charge in [-0.25, -0.2) is 0 Å². The highest BCUT2D eigenvalue weighted by Gasteiger charge is 2.29. The number of halogens is 2. The Bertz CT molecular complexity index is 579. The van der Waals surface area contributed by atoms with E-state index in [0.717, 1.165) is 9.13 Å². The van der Waals surface area contributed by atoms with E-state index in [1.54, 1.807) is 32.2 Å². The van der Waals surface area contributed by atoms with Crippen molar-refractivity contribution in [2.45, 2.75) is 12.5 Å². The smallest absolute Gasteiger partial charge is 0.125 e. The third-order valence-corrected chi connectivity index (χ3v) is 4.05. The summed E-state index contributed by atoms with van der Waals surface area (Å²) in [5, 5.41) is 11.4. The summed E-state index contributed by atoms with van der Waals surface area (Å²) >= 11 is 8.26. The molecule has 2 aromatic carbocycles. The van der Waals surface area contributed by atoms with E-state index in [2.05, 4.69) is 22.6 Å². The second-order valence-corrected chi connectivity index (χ2v) is 6.11. The Morgan fingerprint density at radius 3 is 2.37 bits per heavy atom. The highest BCUT2D eigenvalue weighted by atomic mass is 127. The highest BCUT2D eigenvalue weighted by Crippen LogP contribution is 2.37. The van der Waals surface area contributed by atoms with Crippen molar-refractivity contribution in [3.63, 3.8) is 0 Å². The molecule has 2 nitrogen and oxygen atoms in total. The van der Waals surface area contributed by atoms with Gasteiger partial charge in [0, 0.05) is 14.2 Å². The van der Waals surface area contributed by atoms with Crippen LogP contribution in [0.2, 0.25) is 5.02 Å². The quantitative estimate of drug-likeness (QED) is 0.798. The fraction of sp³-hybridized carbons (Fsp3) is 0.200. The van der Waals surface area contributed by atoms with Crippen molar-refractivity contribution >= 4 is 34.2 Å². The molecule has 0 saturated heterocycles. The van der Waals surface area contributed by atoms with Gasteiger partial charge >= 0.3 is 0 Å². The highest BCUT2D eigenvalue weighted by molar-refractivity contribution is 14.1. The molecular formula is C15H14ClIO2. The molecule has 0 fully saturated rings. The summed E-state index contributed by atoms with van der Waals surface area (Å²) in [6.45, 7) is 1.74. The number of hydrogen-bond acceptors (Lipinski definition) is 2. The van der Waals surface area contributed by atoms with Gasteiger partial charge in [-0.1, -0.05) is 23.7 Å². The predicted molar refractivity (Wildman–Crippen MR) is 85.8 cm³/mol. The van der Waals surface area contributed by atoms with E-state index in [-0.39, 0.29) is 0 Å². The van der Waals surface area contributed by atoms with Crippen molar-refractivity contribution in [3.8, 4) is 5.75 Å². The Balaban J connectivity index is 2.55. The van der Waals surface area contributed by atoms with Gasteiger partial charge in [0.2, 0.25) is 0 Å². The lowest BCUT2D eigenvalue weighted by Gasteiger charge is -2.26. The molecule has 19 heavy (non-hydrogen) atoms. The molecule has 0 aliphatic carbocycles. The Labute approximate surface area is 131 Å². The summed E-state index contributed by atoms with van der Waals surface area (Å²) in [6, 6.07) is 13.0. The monoisotopic (exact) mass is 388 g/mol. The van der Waals surface area contributed by atoms with Crippen LogP contribution < -0.4 is 4.74 Å². The van der Waals surface area contributed by atoms with E-state index in [1.165, 1.54) is 0 Å². The average Bonchev–Trinajstić information content (AvgIpc) is 2.39. The van der Waals surface area contributed by atoms with Crippen LogP contribution in [0.5, 0.6) is 5.75 Å². The van der Waals surface area contributed by atoms with Crippen LogP contribution in [0.15, 0.2) is 42.5 Å². The van der Waals surface area contributed by atoms with E-state index < -0.39 is 5.60 Å². The molecule has 0 heterocycles. The normalized spacial score (nSPS) is 13.9. The molecule has 0 saturated carbocycles. The van der Waals surface area contributed by atoms with Crippen molar-refractivity contribution < 1.29 is 9.84 Å². The van der Waals surface area contributed by atoms with Gasteiger partial charge in [-0.2, -0.15) is 0 Å². The zero-order valence-corrected chi connectivity index (χ0v) is 13.6. The molecule has 2 rings (SSSR count). The maximum absolute atomic E-state index is 10.8. The lowest BCUT2D eigenvalue weighted by molar-refractivity contribution is 0.0989. The fourth-order valence-corrected chi connectivity index (χ4v) is 2.52. The number of rotatable bonds is 3. The molecule has 4 heteroatoms. The van der Waals surface area contributed by atoms with E-state index >= 15 is 0 Å². The minimum atomic E-state index is -1.15. The number of methoxy groups -OCH3 is 1. The minimum absolute atomic E-state index is 0.571. The number of aliphatic hydroxyl groups is 1. The lowest BCUT2D eigenvalue weighted by Crippen LogP contribution is -2.23. The van der Waals surface area contributed by atoms with Crippen LogP contribution in [0, 0.1) is 3.57 Å². The first-order valence-corrected chi connectivity index (χ1v) is 7.23. The fourth-order valence-electron chi connectivity index (χ4n) is 1.99. The second-order valence-electron chi connectivity index (χ2n) is 4.42. The van der Waals surface area contributed by atoms with Gasteiger partial charge in [-0.05, 0) is 65.4 Å². The van der Waals surface area contributed by atoms with Crippen molar-refractivity contribution in [1.29, 1.82) is 0 Å². The molecule has 0 aliphatic heterocycles. The second kappa shape index (κ2) is 5.69. The molecule has 100 valence electrons. The summed E-state index contributed by atoms with van der Waals surface area (Å²) < 4.78 is 6.43. The van der Waals surface area contributed by atoms with Gasteiger partial charge in [0.15, 0.2) is 0 Å². The first-order valence-electron chi connectivity index (χ1n) is 5.77. The number of benzene rings is 2. The van der Waals surface area contributed by atoms with Crippen molar-refractivity contribution in [3.05, 3.63) is 62.2 Å². The van der Waals surface area contributed by atoms with Crippen LogP contribution in [-0.4, -0.2) is 12.2 Å². The van der Waals surface area contributed by atoms with Crippen LogP contribution in [0.1, 0.15) is 18.1 Å². The molecule has 0 amide bonds.